The number of hydrogen-bond acceptors (Lipinski definition) is 4. The predicted octanol–water partition coefficient (Wildman–Crippen LogP) is 1.68. The van der Waals surface area contributed by atoms with Crippen molar-refractivity contribution in [1.82, 2.24) is 4.98 Å². The van der Waals surface area contributed by atoms with Crippen LogP contribution in [0, 0.1) is 0 Å². The summed E-state index contributed by atoms with van der Waals surface area (Å²) in [5.74, 6) is 0.501. The van der Waals surface area contributed by atoms with Gasteiger partial charge in [0.1, 0.15) is 0 Å². The van der Waals surface area contributed by atoms with Crippen molar-refractivity contribution in [2.45, 2.75) is 6.92 Å². The number of nitrogen functional groups attached to an aromatic ring is 1. The van der Waals surface area contributed by atoms with E-state index >= 15 is 0 Å². The van der Waals surface area contributed by atoms with Gasteiger partial charge in [0, 0.05) is 11.9 Å². The Kier molecular flexibility index (Phi) is 3.79. The SMILES string of the molecule is CCOC=Cc1c(N)ccnc1OC. The van der Waals surface area contributed by atoms with E-state index in [9.17, 15) is 0 Å². The van der Waals surface area contributed by atoms with Crippen LogP contribution in [0.5, 0.6) is 5.88 Å². The van der Waals surface area contributed by atoms with Gasteiger partial charge < -0.3 is 15.2 Å². The summed E-state index contributed by atoms with van der Waals surface area (Å²) in [4.78, 5) is 4.03. The molecule has 0 aliphatic heterocycles. The van der Waals surface area contributed by atoms with E-state index in [1.807, 2.05) is 6.92 Å². The standard InChI is InChI=1S/C10H14N2O2/c1-3-14-7-5-8-9(11)4-6-12-10(8)13-2/h4-7H,3H2,1-2H3,(H2,11,12). The molecule has 0 aromatic carbocycles. The molecule has 0 saturated heterocycles. The van der Waals surface area contributed by atoms with Crippen molar-refractivity contribution in [3.63, 3.8) is 0 Å². The summed E-state index contributed by atoms with van der Waals surface area (Å²) in [7, 11) is 1.56. The lowest BCUT2D eigenvalue weighted by molar-refractivity contribution is 0.272. The minimum atomic E-state index is 0.501. The Morgan fingerprint density at radius 1 is 1.57 bits per heavy atom. The van der Waals surface area contributed by atoms with E-state index in [0.29, 0.717) is 18.2 Å². The molecule has 2 N–H and O–H groups in total. The van der Waals surface area contributed by atoms with Gasteiger partial charge in [-0.1, -0.05) is 0 Å². The Morgan fingerprint density at radius 3 is 3.00 bits per heavy atom. The minimum absolute atomic E-state index is 0.501. The summed E-state index contributed by atoms with van der Waals surface area (Å²) < 4.78 is 10.1. The fourth-order valence-electron chi connectivity index (χ4n) is 1.01. The number of ether oxygens (including phenoxy) is 2. The maximum absolute atomic E-state index is 5.75. The third-order valence-corrected chi connectivity index (χ3v) is 1.68. The summed E-state index contributed by atoms with van der Waals surface area (Å²) in [5.41, 5.74) is 7.11. The highest BCUT2D eigenvalue weighted by Crippen LogP contribution is 2.22. The number of rotatable bonds is 4. The van der Waals surface area contributed by atoms with Crippen molar-refractivity contribution in [2.24, 2.45) is 0 Å². The highest BCUT2D eigenvalue weighted by atomic mass is 16.5. The molecule has 0 atom stereocenters. The summed E-state index contributed by atoms with van der Waals surface area (Å²) in [6.07, 6.45) is 4.92. The van der Waals surface area contributed by atoms with Crippen molar-refractivity contribution >= 4 is 11.8 Å². The van der Waals surface area contributed by atoms with E-state index in [4.69, 9.17) is 15.2 Å². The number of nitrogens with two attached hydrogens (primary N) is 1. The van der Waals surface area contributed by atoms with Crippen LogP contribution in [-0.2, 0) is 4.74 Å². The first kappa shape index (κ1) is 10.4. The largest absolute Gasteiger partial charge is 0.501 e. The van der Waals surface area contributed by atoms with Crippen LogP contribution in [0.2, 0.25) is 0 Å². The topological polar surface area (TPSA) is 57.4 Å². The van der Waals surface area contributed by atoms with Crippen LogP contribution in [0.1, 0.15) is 12.5 Å². The quantitative estimate of drug-likeness (QED) is 0.741. The third kappa shape index (κ3) is 2.39. The Labute approximate surface area is 83.4 Å². The van der Waals surface area contributed by atoms with Crippen LogP contribution in [0.4, 0.5) is 5.69 Å². The number of methoxy groups -OCH3 is 1. The number of anilines is 1. The zero-order valence-corrected chi connectivity index (χ0v) is 8.36. The Morgan fingerprint density at radius 2 is 2.36 bits per heavy atom. The van der Waals surface area contributed by atoms with Crippen LogP contribution in [0.3, 0.4) is 0 Å². The molecule has 1 aromatic heterocycles. The Balaban J connectivity index is 2.93. The van der Waals surface area contributed by atoms with E-state index in [1.165, 1.54) is 0 Å². The summed E-state index contributed by atoms with van der Waals surface area (Å²) in [6, 6.07) is 1.72. The van der Waals surface area contributed by atoms with Crippen molar-refractivity contribution in [2.75, 3.05) is 19.5 Å². The lowest BCUT2D eigenvalue weighted by Crippen LogP contribution is -1.96. The van der Waals surface area contributed by atoms with Gasteiger partial charge in [-0.15, -0.1) is 0 Å². The molecular formula is C10H14N2O2. The summed E-state index contributed by atoms with van der Waals surface area (Å²) in [6.45, 7) is 2.53. The lowest BCUT2D eigenvalue weighted by atomic mass is 10.2. The van der Waals surface area contributed by atoms with Gasteiger partial charge >= 0.3 is 0 Å². The van der Waals surface area contributed by atoms with E-state index < -0.39 is 0 Å². The van der Waals surface area contributed by atoms with Gasteiger partial charge in [0.05, 0.1) is 25.5 Å². The van der Waals surface area contributed by atoms with Gasteiger partial charge in [-0.2, -0.15) is 0 Å². The van der Waals surface area contributed by atoms with E-state index in [1.54, 1.807) is 31.7 Å². The molecule has 0 aliphatic rings. The normalized spacial score (nSPS) is 10.4. The second-order valence-electron chi connectivity index (χ2n) is 2.58. The maximum Gasteiger partial charge on any atom is 0.222 e. The van der Waals surface area contributed by atoms with Crippen LogP contribution >= 0.6 is 0 Å². The Hall–Kier alpha value is -1.71. The molecule has 1 rings (SSSR count). The number of hydrogen-bond donors (Lipinski definition) is 1. The van der Waals surface area contributed by atoms with Crippen LogP contribution in [0.25, 0.3) is 6.08 Å². The van der Waals surface area contributed by atoms with Gasteiger partial charge in [0.2, 0.25) is 5.88 Å². The average molecular weight is 194 g/mol. The number of nitrogens with zero attached hydrogens (tertiary/aromatic N) is 1. The molecule has 0 spiro atoms. The molecule has 0 unspecified atom stereocenters. The molecule has 0 fully saturated rings. The van der Waals surface area contributed by atoms with Crippen molar-refractivity contribution < 1.29 is 9.47 Å². The first-order valence-electron chi connectivity index (χ1n) is 4.36. The molecule has 1 aromatic rings. The molecule has 0 amide bonds. The third-order valence-electron chi connectivity index (χ3n) is 1.68. The molecule has 1 heterocycles. The van der Waals surface area contributed by atoms with Crippen LogP contribution < -0.4 is 10.5 Å². The minimum Gasteiger partial charge on any atom is -0.501 e. The molecule has 0 radical (unpaired) electrons. The first-order chi connectivity index (χ1) is 6.79. The van der Waals surface area contributed by atoms with E-state index in [0.717, 1.165) is 5.56 Å². The molecule has 0 bridgehead atoms. The molecular weight excluding hydrogens is 180 g/mol. The highest BCUT2D eigenvalue weighted by molar-refractivity contribution is 5.67. The zero-order chi connectivity index (χ0) is 10.4. The number of pyridine rings is 1. The number of aromatic nitrogens is 1. The lowest BCUT2D eigenvalue weighted by Gasteiger charge is -2.05. The van der Waals surface area contributed by atoms with Gasteiger partial charge in [-0.25, -0.2) is 4.98 Å². The molecule has 76 valence electrons. The predicted molar refractivity (Wildman–Crippen MR) is 55.9 cm³/mol. The maximum atomic E-state index is 5.75. The second kappa shape index (κ2) is 5.11. The van der Waals surface area contributed by atoms with Gasteiger partial charge in [-0.3, -0.25) is 0 Å². The highest BCUT2D eigenvalue weighted by Gasteiger charge is 2.03. The first-order valence-corrected chi connectivity index (χ1v) is 4.36. The summed E-state index contributed by atoms with van der Waals surface area (Å²) >= 11 is 0. The van der Waals surface area contributed by atoms with Crippen LogP contribution in [-0.4, -0.2) is 18.7 Å². The fraction of sp³-hybridized carbons (Fsp3) is 0.300. The van der Waals surface area contributed by atoms with Crippen molar-refractivity contribution in [1.29, 1.82) is 0 Å². The summed E-state index contributed by atoms with van der Waals surface area (Å²) in [5, 5.41) is 0. The van der Waals surface area contributed by atoms with Crippen molar-refractivity contribution in [3.8, 4) is 5.88 Å². The molecule has 4 heteroatoms. The molecule has 0 aliphatic carbocycles. The fourth-order valence-corrected chi connectivity index (χ4v) is 1.01. The molecule has 4 nitrogen and oxygen atoms in total. The van der Waals surface area contributed by atoms with Gasteiger partial charge in [0.25, 0.3) is 0 Å². The van der Waals surface area contributed by atoms with Gasteiger partial charge in [-0.05, 0) is 19.1 Å². The average Bonchev–Trinajstić information content (AvgIpc) is 2.20. The monoisotopic (exact) mass is 194 g/mol. The second-order valence-corrected chi connectivity index (χ2v) is 2.58. The molecule has 14 heavy (non-hydrogen) atoms. The zero-order valence-electron chi connectivity index (χ0n) is 8.36. The van der Waals surface area contributed by atoms with Crippen molar-refractivity contribution in [3.05, 3.63) is 24.1 Å². The smallest absolute Gasteiger partial charge is 0.222 e. The molecule has 0 saturated carbocycles. The van der Waals surface area contributed by atoms with Crippen LogP contribution in [0.15, 0.2) is 18.5 Å². The van der Waals surface area contributed by atoms with E-state index in [2.05, 4.69) is 4.98 Å². The van der Waals surface area contributed by atoms with Gasteiger partial charge in [0.15, 0.2) is 0 Å². The Bertz CT molecular complexity index is 324. The van der Waals surface area contributed by atoms with E-state index in [-0.39, 0.29) is 0 Å².